The van der Waals surface area contributed by atoms with Crippen LogP contribution in [0.2, 0.25) is 0 Å². The highest BCUT2D eigenvalue weighted by molar-refractivity contribution is 5.79. The molecule has 0 aliphatic rings. The van der Waals surface area contributed by atoms with Crippen LogP contribution in [0.3, 0.4) is 0 Å². The Labute approximate surface area is 158 Å². The van der Waals surface area contributed by atoms with E-state index in [-0.39, 0.29) is 17.7 Å². The topological polar surface area (TPSA) is 85.6 Å². The van der Waals surface area contributed by atoms with Gasteiger partial charge in [0.2, 0.25) is 0 Å². The van der Waals surface area contributed by atoms with Crippen LogP contribution in [-0.2, 0) is 18.3 Å². The molecule has 0 amide bonds. The Morgan fingerprint density at radius 1 is 1.30 bits per heavy atom. The lowest BCUT2D eigenvalue weighted by atomic mass is 10.3. The highest BCUT2D eigenvalue weighted by Gasteiger charge is 2.10. The van der Waals surface area contributed by atoms with Crippen molar-refractivity contribution in [3.63, 3.8) is 0 Å². The number of nitrogens with one attached hydrogen (secondary N) is 2. The van der Waals surface area contributed by atoms with Gasteiger partial charge in [0, 0.05) is 20.7 Å². The predicted octanol–water partition coefficient (Wildman–Crippen LogP) is 1.41. The van der Waals surface area contributed by atoms with Gasteiger partial charge in [-0.05, 0) is 26.0 Å². The lowest BCUT2D eigenvalue weighted by Crippen LogP contribution is -2.43. The van der Waals surface area contributed by atoms with Crippen LogP contribution in [0.25, 0.3) is 0 Å². The Kier molecular flexibility index (Phi) is 8.00. The van der Waals surface area contributed by atoms with Crippen LogP contribution in [0.5, 0.6) is 5.75 Å². The Morgan fingerprint density at radius 2 is 2.07 bits per heavy atom. The molecular formula is C18H27FN6O2. The smallest absolute Gasteiger partial charge is 0.191 e. The SMILES string of the molecule is COCCNC(=NCc1nnc(C)n1C)NCC(C)Oc1ccccc1F. The van der Waals surface area contributed by atoms with E-state index in [0.29, 0.717) is 32.2 Å². The lowest BCUT2D eigenvalue weighted by molar-refractivity contribution is 0.202. The van der Waals surface area contributed by atoms with Crippen LogP contribution in [0.15, 0.2) is 29.3 Å². The number of aryl methyl sites for hydroxylation is 1. The molecule has 27 heavy (non-hydrogen) atoms. The number of aliphatic imine (C=N–C) groups is 1. The van der Waals surface area contributed by atoms with Gasteiger partial charge in [0.25, 0.3) is 0 Å². The Bertz CT molecular complexity index is 749. The number of methoxy groups -OCH3 is 1. The number of guanidine groups is 1. The number of hydrogen-bond donors (Lipinski definition) is 2. The Hall–Kier alpha value is -2.68. The molecule has 0 bridgehead atoms. The average molecular weight is 378 g/mol. The van der Waals surface area contributed by atoms with Crippen LogP contribution in [0, 0.1) is 12.7 Å². The molecular weight excluding hydrogens is 351 g/mol. The summed E-state index contributed by atoms with van der Waals surface area (Å²) in [7, 11) is 3.54. The van der Waals surface area contributed by atoms with Crippen molar-refractivity contribution in [3.05, 3.63) is 41.7 Å². The van der Waals surface area contributed by atoms with Crippen LogP contribution >= 0.6 is 0 Å². The summed E-state index contributed by atoms with van der Waals surface area (Å²) in [4.78, 5) is 4.52. The third-order valence-corrected chi connectivity index (χ3v) is 3.88. The van der Waals surface area contributed by atoms with E-state index in [2.05, 4.69) is 25.8 Å². The maximum atomic E-state index is 13.7. The highest BCUT2D eigenvalue weighted by Crippen LogP contribution is 2.16. The highest BCUT2D eigenvalue weighted by atomic mass is 19.1. The second-order valence-corrected chi connectivity index (χ2v) is 6.05. The molecule has 1 aromatic heterocycles. The van der Waals surface area contributed by atoms with E-state index in [1.165, 1.54) is 6.07 Å². The van der Waals surface area contributed by atoms with Gasteiger partial charge in [-0.1, -0.05) is 12.1 Å². The third-order valence-electron chi connectivity index (χ3n) is 3.88. The fourth-order valence-electron chi connectivity index (χ4n) is 2.22. The number of ether oxygens (including phenoxy) is 2. The Morgan fingerprint density at radius 3 is 2.74 bits per heavy atom. The van der Waals surface area contributed by atoms with Crippen LogP contribution in [0.1, 0.15) is 18.6 Å². The summed E-state index contributed by atoms with van der Waals surface area (Å²) in [5.74, 6) is 2.03. The van der Waals surface area contributed by atoms with Crippen molar-refractivity contribution in [3.8, 4) is 5.75 Å². The summed E-state index contributed by atoms with van der Waals surface area (Å²) < 4.78 is 26.3. The molecule has 2 rings (SSSR count). The molecule has 0 radical (unpaired) electrons. The molecule has 0 aliphatic heterocycles. The summed E-state index contributed by atoms with van der Waals surface area (Å²) in [6, 6.07) is 6.34. The largest absolute Gasteiger partial charge is 0.486 e. The monoisotopic (exact) mass is 378 g/mol. The van der Waals surface area contributed by atoms with Gasteiger partial charge in [-0.15, -0.1) is 10.2 Å². The molecule has 0 aliphatic carbocycles. The number of hydrogen-bond acceptors (Lipinski definition) is 5. The normalized spacial score (nSPS) is 12.7. The van der Waals surface area contributed by atoms with E-state index in [1.54, 1.807) is 25.3 Å². The molecule has 0 saturated heterocycles. The molecule has 148 valence electrons. The number of halogens is 1. The van der Waals surface area contributed by atoms with Gasteiger partial charge in [-0.2, -0.15) is 0 Å². The Balaban J connectivity index is 1.93. The van der Waals surface area contributed by atoms with Crippen LogP contribution in [-0.4, -0.2) is 53.6 Å². The molecule has 1 heterocycles. The van der Waals surface area contributed by atoms with Gasteiger partial charge < -0.3 is 24.7 Å². The van der Waals surface area contributed by atoms with Crippen molar-refractivity contribution in [1.29, 1.82) is 0 Å². The van der Waals surface area contributed by atoms with Gasteiger partial charge in [-0.3, -0.25) is 0 Å². The first-order chi connectivity index (χ1) is 13.0. The van der Waals surface area contributed by atoms with Crippen LogP contribution < -0.4 is 15.4 Å². The first-order valence-electron chi connectivity index (χ1n) is 8.78. The molecule has 1 aromatic carbocycles. The minimum absolute atomic E-state index is 0.229. The number of rotatable bonds is 9. The second kappa shape index (κ2) is 10.5. The van der Waals surface area contributed by atoms with E-state index >= 15 is 0 Å². The zero-order chi connectivity index (χ0) is 19.6. The number of nitrogens with zero attached hydrogens (tertiary/aromatic N) is 4. The summed E-state index contributed by atoms with van der Waals surface area (Å²) in [6.45, 7) is 5.72. The molecule has 9 heteroatoms. The van der Waals surface area contributed by atoms with Gasteiger partial charge >= 0.3 is 0 Å². The van der Waals surface area contributed by atoms with Crippen molar-refractivity contribution in [2.45, 2.75) is 26.5 Å². The average Bonchev–Trinajstić information content (AvgIpc) is 2.97. The van der Waals surface area contributed by atoms with Crippen molar-refractivity contribution in [2.24, 2.45) is 12.0 Å². The van der Waals surface area contributed by atoms with E-state index in [0.717, 1.165) is 11.6 Å². The zero-order valence-electron chi connectivity index (χ0n) is 16.2. The maximum absolute atomic E-state index is 13.7. The minimum atomic E-state index is -0.380. The lowest BCUT2D eigenvalue weighted by Gasteiger charge is -2.18. The predicted molar refractivity (Wildman–Crippen MR) is 101 cm³/mol. The van der Waals surface area contributed by atoms with Gasteiger partial charge in [-0.25, -0.2) is 9.38 Å². The number of benzene rings is 1. The van der Waals surface area contributed by atoms with Crippen LogP contribution in [0.4, 0.5) is 4.39 Å². The van der Waals surface area contributed by atoms with E-state index in [4.69, 9.17) is 9.47 Å². The molecule has 2 N–H and O–H groups in total. The minimum Gasteiger partial charge on any atom is -0.486 e. The summed E-state index contributed by atoms with van der Waals surface area (Å²) in [5, 5.41) is 14.5. The fraction of sp³-hybridized carbons (Fsp3) is 0.500. The van der Waals surface area contributed by atoms with Crippen molar-refractivity contribution >= 4 is 5.96 Å². The molecule has 0 fully saturated rings. The van der Waals surface area contributed by atoms with Crippen molar-refractivity contribution in [1.82, 2.24) is 25.4 Å². The first kappa shape index (κ1) is 20.6. The van der Waals surface area contributed by atoms with Crippen molar-refractivity contribution < 1.29 is 13.9 Å². The van der Waals surface area contributed by atoms with Crippen molar-refractivity contribution in [2.75, 3.05) is 26.8 Å². The van der Waals surface area contributed by atoms with E-state index < -0.39 is 0 Å². The second-order valence-electron chi connectivity index (χ2n) is 6.05. The standard InChI is InChI=1S/C18H27FN6O2/c1-13(27-16-8-6-5-7-15(16)19)11-21-18(20-9-10-26-4)22-12-17-24-23-14(2)25(17)3/h5-8,13H,9-12H2,1-4H3,(H2,20,21,22). The number of aromatic nitrogens is 3. The van der Waals surface area contributed by atoms with Gasteiger partial charge in [0.15, 0.2) is 23.4 Å². The molecule has 8 nitrogen and oxygen atoms in total. The molecule has 0 spiro atoms. The molecule has 1 atom stereocenters. The summed E-state index contributed by atoms with van der Waals surface area (Å²) >= 11 is 0. The fourth-order valence-corrected chi connectivity index (χ4v) is 2.22. The van der Waals surface area contributed by atoms with E-state index in [9.17, 15) is 4.39 Å². The summed E-state index contributed by atoms with van der Waals surface area (Å²) in [6.07, 6.45) is -0.256. The third kappa shape index (κ3) is 6.52. The van der Waals surface area contributed by atoms with E-state index in [1.807, 2.05) is 25.5 Å². The molecule has 2 aromatic rings. The van der Waals surface area contributed by atoms with Gasteiger partial charge in [0.05, 0.1) is 13.2 Å². The number of para-hydroxylation sites is 1. The first-order valence-corrected chi connectivity index (χ1v) is 8.78. The summed E-state index contributed by atoms with van der Waals surface area (Å²) in [5.41, 5.74) is 0. The zero-order valence-corrected chi connectivity index (χ0v) is 16.2. The molecule has 0 saturated carbocycles. The molecule has 1 unspecified atom stereocenters. The van der Waals surface area contributed by atoms with Gasteiger partial charge in [0.1, 0.15) is 18.5 Å². The quantitative estimate of drug-likeness (QED) is 0.390. The maximum Gasteiger partial charge on any atom is 0.191 e.